The summed E-state index contributed by atoms with van der Waals surface area (Å²) in [5.41, 5.74) is 5.31. The zero-order chi connectivity index (χ0) is 23.2. The van der Waals surface area contributed by atoms with Crippen LogP contribution in [0.1, 0.15) is 49.0 Å². The number of hydrogen-bond acceptors (Lipinski definition) is 4. The van der Waals surface area contributed by atoms with Gasteiger partial charge in [0.05, 0.1) is 17.8 Å². The van der Waals surface area contributed by atoms with Gasteiger partial charge in [-0.25, -0.2) is 14.2 Å². The van der Waals surface area contributed by atoms with Gasteiger partial charge in [0.1, 0.15) is 5.82 Å². The SMILES string of the molecule is Cc1cccc(-n2nc(C(C)(C)C)cc2NC(=O)Cc2c(C)nc3cc(=O)[nH]n3c2C)c1. The Morgan fingerprint density at radius 3 is 2.56 bits per heavy atom. The molecule has 8 nitrogen and oxygen atoms in total. The molecule has 0 bridgehead atoms. The molecule has 0 radical (unpaired) electrons. The van der Waals surface area contributed by atoms with Crippen molar-refractivity contribution < 1.29 is 4.79 Å². The lowest BCUT2D eigenvalue weighted by Crippen LogP contribution is -2.19. The number of anilines is 1. The molecule has 0 aliphatic rings. The standard InChI is InChI=1S/C24H28N6O2/c1-14-8-7-9-17(10-14)30-20(12-19(27-30)24(4,5)6)26-22(31)11-18-15(2)25-21-13-23(32)28-29(21)16(18)3/h7-10,12-13H,11H2,1-6H3,(H,26,31)(H,28,32). The van der Waals surface area contributed by atoms with E-state index in [1.165, 1.54) is 6.07 Å². The van der Waals surface area contributed by atoms with E-state index in [1.807, 2.05) is 51.1 Å². The van der Waals surface area contributed by atoms with Crippen molar-refractivity contribution in [2.75, 3.05) is 5.32 Å². The Morgan fingerprint density at radius 2 is 1.88 bits per heavy atom. The highest BCUT2D eigenvalue weighted by Crippen LogP contribution is 2.27. The molecule has 3 aromatic heterocycles. The van der Waals surface area contributed by atoms with Crippen LogP contribution in [0.5, 0.6) is 0 Å². The summed E-state index contributed by atoms with van der Waals surface area (Å²) in [6, 6.07) is 11.4. The molecule has 32 heavy (non-hydrogen) atoms. The monoisotopic (exact) mass is 432 g/mol. The highest BCUT2D eigenvalue weighted by Gasteiger charge is 2.22. The van der Waals surface area contributed by atoms with E-state index >= 15 is 0 Å². The maximum atomic E-state index is 13.1. The molecule has 0 aliphatic heterocycles. The van der Waals surface area contributed by atoms with E-state index in [0.717, 1.165) is 33.9 Å². The summed E-state index contributed by atoms with van der Waals surface area (Å²) in [6.07, 6.45) is 0.130. The minimum absolute atomic E-state index is 0.130. The van der Waals surface area contributed by atoms with Crippen LogP contribution in [0.15, 0.2) is 41.2 Å². The van der Waals surface area contributed by atoms with Gasteiger partial charge in [-0.15, -0.1) is 0 Å². The molecule has 3 heterocycles. The van der Waals surface area contributed by atoms with Gasteiger partial charge in [-0.2, -0.15) is 5.10 Å². The number of carbonyl (C=O) groups is 1. The van der Waals surface area contributed by atoms with Gasteiger partial charge in [-0.3, -0.25) is 14.7 Å². The minimum atomic E-state index is -0.224. The Bertz CT molecular complexity index is 1380. The normalized spacial score (nSPS) is 11.8. The molecule has 0 saturated carbocycles. The van der Waals surface area contributed by atoms with Crippen molar-refractivity contribution in [2.24, 2.45) is 0 Å². The lowest BCUT2D eigenvalue weighted by Gasteiger charge is -2.14. The topological polar surface area (TPSA) is 97.1 Å². The second-order valence-electron chi connectivity index (χ2n) is 9.22. The first-order valence-corrected chi connectivity index (χ1v) is 10.6. The molecule has 0 spiro atoms. The van der Waals surface area contributed by atoms with Gasteiger partial charge in [-0.1, -0.05) is 32.9 Å². The molecule has 0 saturated heterocycles. The smallest absolute Gasteiger partial charge is 0.266 e. The van der Waals surface area contributed by atoms with Crippen molar-refractivity contribution in [2.45, 2.75) is 53.4 Å². The lowest BCUT2D eigenvalue weighted by atomic mass is 9.92. The van der Waals surface area contributed by atoms with Crippen LogP contribution in [-0.4, -0.2) is 30.3 Å². The maximum absolute atomic E-state index is 13.1. The van der Waals surface area contributed by atoms with E-state index in [9.17, 15) is 9.59 Å². The molecule has 4 aromatic rings. The van der Waals surface area contributed by atoms with Crippen LogP contribution in [0.2, 0.25) is 0 Å². The molecule has 0 aliphatic carbocycles. The fraction of sp³-hybridized carbons (Fsp3) is 0.333. The number of aromatic nitrogens is 5. The summed E-state index contributed by atoms with van der Waals surface area (Å²) in [4.78, 5) is 29.2. The van der Waals surface area contributed by atoms with Gasteiger partial charge >= 0.3 is 0 Å². The van der Waals surface area contributed by atoms with E-state index in [1.54, 1.807) is 9.20 Å². The average molecular weight is 433 g/mol. The van der Waals surface area contributed by atoms with Crippen molar-refractivity contribution in [3.05, 3.63) is 75.0 Å². The molecule has 2 N–H and O–H groups in total. The third kappa shape index (κ3) is 4.08. The summed E-state index contributed by atoms with van der Waals surface area (Å²) in [5, 5.41) is 10.5. The van der Waals surface area contributed by atoms with Crippen LogP contribution in [0.3, 0.4) is 0 Å². The van der Waals surface area contributed by atoms with Gasteiger partial charge in [0.2, 0.25) is 5.91 Å². The highest BCUT2D eigenvalue weighted by atomic mass is 16.1. The second-order valence-corrected chi connectivity index (χ2v) is 9.22. The van der Waals surface area contributed by atoms with Crippen molar-refractivity contribution in [3.63, 3.8) is 0 Å². The van der Waals surface area contributed by atoms with Crippen LogP contribution in [-0.2, 0) is 16.6 Å². The van der Waals surface area contributed by atoms with E-state index < -0.39 is 0 Å². The summed E-state index contributed by atoms with van der Waals surface area (Å²) < 4.78 is 3.39. The molecular weight excluding hydrogens is 404 g/mol. The third-order valence-electron chi connectivity index (χ3n) is 5.53. The number of amides is 1. The number of hydrogen-bond donors (Lipinski definition) is 2. The zero-order valence-electron chi connectivity index (χ0n) is 19.3. The van der Waals surface area contributed by atoms with Crippen molar-refractivity contribution in [1.82, 2.24) is 24.4 Å². The Kier molecular flexibility index (Phi) is 5.24. The summed E-state index contributed by atoms with van der Waals surface area (Å²) >= 11 is 0. The Labute approximate surface area is 186 Å². The van der Waals surface area contributed by atoms with Gasteiger partial charge in [0.15, 0.2) is 5.65 Å². The predicted molar refractivity (Wildman–Crippen MR) is 125 cm³/mol. The van der Waals surface area contributed by atoms with E-state index in [2.05, 4.69) is 36.2 Å². The van der Waals surface area contributed by atoms with E-state index in [4.69, 9.17) is 5.10 Å². The molecule has 0 unspecified atom stereocenters. The molecule has 1 aromatic carbocycles. The van der Waals surface area contributed by atoms with Gasteiger partial charge in [-0.05, 0) is 38.5 Å². The molecule has 166 valence electrons. The Balaban J connectivity index is 1.68. The number of benzene rings is 1. The third-order valence-corrected chi connectivity index (χ3v) is 5.53. The number of nitrogens with zero attached hydrogens (tertiary/aromatic N) is 4. The van der Waals surface area contributed by atoms with Crippen molar-refractivity contribution >= 4 is 17.4 Å². The molecule has 0 fully saturated rings. The van der Waals surface area contributed by atoms with Crippen molar-refractivity contribution in [3.8, 4) is 5.69 Å². The minimum Gasteiger partial charge on any atom is -0.310 e. The van der Waals surface area contributed by atoms with Gasteiger partial charge < -0.3 is 5.32 Å². The fourth-order valence-corrected chi connectivity index (χ4v) is 3.75. The predicted octanol–water partition coefficient (Wildman–Crippen LogP) is 3.61. The number of carbonyl (C=O) groups excluding carboxylic acids is 1. The zero-order valence-corrected chi connectivity index (χ0v) is 19.3. The van der Waals surface area contributed by atoms with Crippen LogP contribution in [0.4, 0.5) is 5.82 Å². The highest BCUT2D eigenvalue weighted by molar-refractivity contribution is 5.92. The quantitative estimate of drug-likeness (QED) is 0.515. The molecule has 8 heteroatoms. The maximum Gasteiger partial charge on any atom is 0.266 e. The summed E-state index contributed by atoms with van der Waals surface area (Å²) in [6.45, 7) is 12.0. The van der Waals surface area contributed by atoms with Crippen LogP contribution < -0.4 is 10.9 Å². The first-order chi connectivity index (χ1) is 15.0. The van der Waals surface area contributed by atoms with Gasteiger partial charge in [0, 0.05) is 34.5 Å². The Morgan fingerprint density at radius 1 is 1.12 bits per heavy atom. The molecular formula is C24H28N6O2. The number of H-pyrrole nitrogens is 1. The number of nitrogens with one attached hydrogen (secondary N) is 2. The van der Waals surface area contributed by atoms with Crippen LogP contribution in [0, 0.1) is 20.8 Å². The van der Waals surface area contributed by atoms with E-state index in [0.29, 0.717) is 11.5 Å². The summed E-state index contributed by atoms with van der Waals surface area (Å²) in [7, 11) is 0. The molecule has 0 atom stereocenters. The Hall–Kier alpha value is -3.68. The number of aryl methyl sites for hydroxylation is 3. The number of aromatic amines is 1. The second kappa shape index (κ2) is 7.78. The van der Waals surface area contributed by atoms with Crippen LogP contribution >= 0.6 is 0 Å². The van der Waals surface area contributed by atoms with Gasteiger partial charge in [0.25, 0.3) is 5.56 Å². The average Bonchev–Trinajstić information content (AvgIpc) is 3.28. The largest absolute Gasteiger partial charge is 0.310 e. The number of fused-ring (bicyclic) bond motifs is 1. The lowest BCUT2D eigenvalue weighted by molar-refractivity contribution is -0.115. The van der Waals surface area contributed by atoms with E-state index in [-0.39, 0.29) is 23.3 Å². The molecule has 1 amide bonds. The van der Waals surface area contributed by atoms with Crippen LogP contribution in [0.25, 0.3) is 11.3 Å². The number of rotatable bonds is 4. The first kappa shape index (κ1) is 21.5. The first-order valence-electron chi connectivity index (χ1n) is 10.6. The van der Waals surface area contributed by atoms with Crippen molar-refractivity contribution in [1.29, 1.82) is 0 Å². The fourth-order valence-electron chi connectivity index (χ4n) is 3.75. The summed E-state index contributed by atoms with van der Waals surface area (Å²) in [5.74, 6) is 0.436. The molecule has 4 rings (SSSR count).